The standard InChI is InChI=1S/C23H26N4O3S/c1-15-19-21(24-18-9-5-6-10-27(18)22(19)28)31-20(15)23(29)26-13-11-25(12-14-26)16-7-3-4-8-17(16)30-2/h3-4,7-8H,5-6,9-14H2,1-2H3. The third-order valence-electron chi connectivity index (χ3n) is 6.35. The fourth-order valence-corrected chi connectivity index (χ4v) is 5.78. The number of fused-ring (bicyclic) bond motifs is 2. The number of para-hydroxylation sites is 2. The summed E-state index contributed by atoms with van der Waals surface area (Å²) >= 11 is 1.37. The maximum absolute atomic E-state index is 13.3. The Bertz CT molecular complexity index is 1210. The number of aryl methyl sites for hydroxylation is 2. The number of benzene rings is 1. The van der Waals surface area contributed by atoms with Crippen LogP contribution < -0.4 is 15.2 Å². The molecular weight excluding hydrogens is 412 g/mol. The van der Waals surface area contributed by atoms with Crippen LogP contribution in [0.15, 0.2) is 29.1 Å². The second kappa shape index (κ2) is 8.00. The van der Waals surface area contributed by atoms with Gasteiger partial charge in [-0.25, -0.2) is 4.98 Å². The number of hydrogen-bond donors (Lipinski definition) is 0. The Kier molecular flexibility index (Phi) is 5.17. The largest absolute Gasteiger partial charge is 0.495 e. The summed E-state index contributed by atoms with van der Waals surface area (Å²) in [6.07, 6.45) is 2.90. The number of carbonyl (C=O) groups is 1. The van der Waals surface area contributed by atoms with Crippen molar-refractivity contribution in [3.8, 4) is 5.75 Å². The molecule has 0 radical (unpaired) electrons. The van der Waals surface area contributed by atoms with Gasteiger partial charge in [0.25, 0.3) is 11.5 Å². The molecule has 0 saturated carbocycles. The van der Waals surface area contributed by atoms with Gasteiger partial charge in [-0.1, -0.05) is 12.1 Å². The van der Waals surface area contributed by atoms with Crippen LogP contribution in [0.5, 0.6) is 5.75 Å². The molecule has 3 aromatic rings. The normalized spacial score (nSPS) is 16.5. The number of aromatic nitrogens is 2. The minimum absolute atomic E-state index is 0.00236. The van der Waals surface area contributed by atoms with Crippen LogP contribution >= 0.6 is 11.3 Å². The van der Waals surface area contributed by atoms with Gasteiger partial charge in [0.2, 0.25) is 0 Å². The molecule has 2 aromatic heterocycles. The highest BCUT2D eigenvalue weighted by atomic mass is 32.1. The van der Waals surface area contributed by atoms with Crippen molar-refractivity contribution in [3.63, 3.8) is 0 Å². The van der Waals surface area contributed by atoms with Gasteiger partial charge in [-0.3, -0.25) is 14.2 Å². The summed E-state index contributed by atoms with van der Waals surface area (Å²) < 4.78 is 7.28. The van der Waals surface area contributed by atoms with Crippen LogP contribution in [0, 0.1) is 6.92 Å². The molecule has 1 amide bonds. The molecule has 7 nitrogen and oxygen atoms in total. The zero-order valence-electron chi connectivity index (χ0n) is 17.9. The Balaban J connectivity index is 1.39. The molecule has 162 valence electrons. The van der Waals surface area contributed by atoms with Crippen molar-refractivity contribution in [2.75, 3.05) is 38.2 Å². The van der Waals surface area contributed by atoms with Crippen LogP contribution in [-0.4, -0.2) is 53.6 Å². The minimum atomic E-state index is 0.00236. The molecule has 0 bridgehead atoms. The molecule has 4 heterocycles. The fraction of sp³-hybridized carbons (Fsp3) is 0.435. The number of carbonyl (C=O) groups excluding carboxylic acids is 1. The molecule has 1 aromatic carbocycles. The summed E-state index contributed by atoms with van der Waals surface area (Å²) in [4.78, 5) is 36.6. The molecule has 0 unspecified atom stereocenters. The molecule has 0 atom stereocenters. The molecule has 2 aliphatic heterocycles. The van der Waals surface area contributed by atoms with E-state index in [9.17, 15) is 9.59 Å². The van der Waals surface area contributed by atoms with Crippen molar-refractivity contribution < 1.29 is 9.53 Å². The molecule has 0 spiro atoms. The van der Waals surface area contributed by atoms with Crippen molar-refractivity contribution in [1.82, 2.24) is 14.5 Å². The predicted octanol–water partition coefficient (Wildman–Crippen LogP) is 3.07. The predicted molar refractivity (Wildman–Crippen MR) is 123 cm³/mol. The number of rotatable bonds is 3. The molecule has 0 N–H and O–H groups in total. The van der Waals surface area contributed by atoms with Gasteiger partial charge in [-0.05, 0) is 37.5 Å². The highest BCUT2D eigenvalue weighted by Gasteiger charge is 2.28. The van der Waals surface area contributed by atoms with Crippen LogP contribution in [0.2, 0.25) is 0 Å². The average molecular weight is 439 g/mol. The van der Waals surface area contributed by atoms with Gasteiger partial charge in [0.15, 0.2) is 0 Å². The number of hydrogen-bond acceptors (Lipinski definition) is 6. The Morgan fingerprint density at radius 1 is 1.10 bits per heavy atom. The summed E-state index contributed by atoms with van der Waals surface area (Å²) in [7, 11) is 1.68. The maximum atomic E-state index is 13.3. The van der Waals surface area contributed by atoms with Gasteiger partial charge in [0.1, 0.15) is 16.4 Å². The molecule has 2 aliphatic rings. The third-order valence-corrected chi connectivity index (χ3v) is 7.52. The second-order valence-electron chi connectivity index (χ2n) is 8.13. The van der Waals surface area contributed by atoms with Gasteiger partial charge in [0.05, 0.1) is 23.1 Å². The number of thiophene rings is 1. The highest BCUT2D eigenvalue weighted by molar-refractivity contribution is 7.20. The van der Waals surface area contributed by atoms with E-state index in [1.165, 1.54) is 11.3 Å². The van der Waals surface area contributed by atoms with E-state index in [1.54, 1.807) is 11.7 Å². The Morgan fingerprint density at radius 2 is 1.87 bits per heavy atom. The zero-order chi connectivity index (χ0) is 21.5. The van der Waals surface area contributed by atoms with Crippen LogP contribution in [-0.2, 0) is 13.0 Å². The smallest absolute Gasteiger partial charge is 0.264 e. The van der Waals surface area contributed by atoms with Crippen LogP contribution in [0.1, 0.15) is 33.9 Å². The molecule has 0 aliphatic carbocycles. The summed E-state index contributed by atoms with van der Waals surface area (Å²) in [5.41, 5.74) is 1.84. The topological polar surface area (TPSA) is 67.7 Å². The molecule has 1 fully saturated rings. The highest BCUT2D eigenvalue weighted by Crippen LogP contribution is 2.31. The third kappa shape index (κ3) is 3.39. The second-order valence-corrected chi connectivity index (χ2v) is 9.13. The van der Waals surface area contributed by atoms with Crippen molar-refractivity contribution >= 4 is 33.1 Å². The number of nitrogens with zero attached hydrogens (tertiary/aromatic N) is 4. The number of anilines is 1. The van der Waals surface area contributed by atoms with Crippen molar-refractivity contribution in [1.29, 1.82) is 0 Å². The quantitative estimate of drug-likeness (QED) is 0.629. The van der Waals surface area contributed by atoms with E-state index in [2.05, 4.69) is 4.90 Å². The first-order chi connectivity index (χ1) is 15.1. The molecule has 5 rings (SSSR count). The van der Waals surface area contributed by atoms with E-state index in [4.69, 9.17) is 9.72 Å². The van der Waals surface area contributed by atoms with E-state index in [1.807, 2.05) is 36.1 Å². The average Bonchev–Trinajstić information content (AvgIpc) is 3.15. The lowest BCUT2D eigenvalue weighted by molar-refractivity contribution is 0.0751. The first-order valence-electron chi connectivity index (χ1n) is 10.8. The van der Waals surface area contributed by atoms with E-state index >= 15 is 0 Å². The minimum Gasteiger partial charge on any atom is -0.495 e. The Labute approximate surface area is 184 Å². The summed E-state index contributed by atoms with van der Waals surface area (Å²) in [5.74, 6) is 1.70. The number of methoxy groups -OCH3 is 1. The SMILES string of the molecule is COc1ccccc1N1CCN(C(=O)c2sc3nc4n(c(=O)c3c2C)CCCC4)CC1. The van der Waals surface area contributed by atoms with Gasteiger partial charge >= 0.3 is 0 Å². The first-order valence-corrected chi connectivity index (χ1v) is 11.6. The fourth-order valence-electron chi connectivity index (χ4n) is 4.62. The summed E-state index contributed by atoms with van der Waals surface area (Å²) in [6.45, 7) is 5.36. The summed E-state index contributed by atoms with van der Waals surface area (Å²) in [5, 5.41) is 0.617. The lowest BCUT2D eigenvalue weighted by atomic mass is 10.1. The maximum Gasteiger partial charge on any atom is 0.264 e. The molecule has 8 heteroatoms. The van der Waals surface area contributed by atoms with Crippen molar-refractivity contribution in [2.24, 2.45) is 0 Å². The van der Waals surface area contributed by atoms with Crippen molar-refractivity contribution in [2.45, 2.75) is 32.7 Å². The van der Waals surface area contributed by atoms with Gasteiger partial charge in [0, 0.05) is 39.1 Å². The van der Waals surface area contributed by atoms with Crippen LogP contribution in [0.3, 0.4) is 0 Å². The van der Waals surface area contributed by atoms with Gasteiger partial charge in [-0.15, -0.1) is 11.3 Å². The van der Waals surface area contributed by atoms with E-state index in [-0.39, 0.29) is 11.5 Å². The lowest BCUT2D eigenvalue weighted by Crippen LogP contribution is -2.48. The van der Waals surface area contributed by atoms with Gasteiger partial charge < -0.3 is 14.5 Å². The molecule has 1 saturated heterocycles. The number of piperazine rings is 1. The van der Waals surface area contributed by atoms with E-state index < -0.39 is 0 Å². The van der Waals surface area contributed by atoms with Crippen LogP contribution in [0.25, 0.3) is 10.2 Å². The Morgan fingerprint density at radius 3 is 2.65 bits per heavy atom. The van der Waals surface area contributed by atoms with E-state index in [0.29, 0.717) is 28.2 Å². The van der Waals surface area contributed by atoms with Crippen molar-refractivity contribution in [3.05, 3.63) is 50.9 Å². The lowest BCUT2D eigenvalue weighted by Gasteiger charge is -2.36. The monoisotopic (exact) mass is 438 g/mol. The number of ether oxygens (including phenoxy) is 1. The zero-order valence-corrected chi connectivity index (χ0v) is 18.7. The first kappa shape index (κ1) is 20.1. The number of amides is 1. The van der Waals surface area contributed by atoms with E-state index in [0.717, 1.165) is 61.7 Å². The van der Waals surface area contributed by atoms with Crippen LogP contribution in [0.4, 0.5) is 5.69 Å². The molecular formula is C23H26N4O3S. The Hall–Kier alpha value is -2.87. The van der Waals surface area contributed by atoms with Gasteiger partial charge in [-0.2, -0.15) is 0 Å². The molecule has 31 heavy (non-hydrogen) atoms. The summed E-state index contributed by atoms with van der Waals surface area (Å²) in [6, 6.07) is 7.97.